The molecular formula is C25H29N3O5S. The van der Waals surface area contributed by atoms with Crippen LogP contribution in [0.25, 0.3) is 0 Å². The molecule has 0 radical (unpaired) electrons. The number of carbonyl (C=O) groups excluding carboxylic acids is 3. The molecule has 0 saturated carbocycles. The van der Waals surface area contributed by atoms with Gasteiger partial charge in [0.2, 0.25) is 11.8 Å². The van der Waals surface area contributed by atoms with Gasteiger partial charge in [0.05, 0.1) is 4.90 Å². The monoisotopic (exact) mass is 483 g/mol. The summed E-state index contributed by atoms with van der Waals surface area (Å²) in [7, 11) is -4.13. The number of anilines is 1. The first-order valence-corrected chi connectivity index (χ1v) is 12.8. The number of hydrogen-bond donors (Lipinski definition) is 0. The van der Waals surface area contributed by atoms with E-state index in [0.29, 0.717) is 31.7 Å². The zero-order valence-corrected chi connectivity index (χ0v) is 20.5. The third-order valence-corrected chi connectivity index (χ3v) is 8.54. The molecule has 2 aromatic carbocycles. The molecule has 2 aliphatic rings. The Morgan fingerprint density at radius 1 is 0.912 bits per heavy atom. The van der Waals surface area contributed by atoms with Crippen LogP contribution in [0, 0.1) is 13.8 Å². The molecule has 34 heavy (non-hydrogen) atoms. The molecule has 9 heteroatoms. The maximum Gasteiger partial charge on any atom is 0.267 e. The normalized spacial score (nSPS) is 19.0. The van der Waals surface area contributed by atoms with E-state index in [-0.39, 0.29) is 29.4 Å². The number of rotatable bonds is 5. The number of carbonyl (C=O) groups is 3. The number of Topliss-reactive ketones (excluding diaryl/α,β-unsaturated/α-hetero) is 1. The first kappa shape index (κ1) is 23.9. The second-order valence-electron chi connectivity index (χ2n) is 8.91. The number of sulfonamides is 1. The molecule has 0 N–H and O–H groups in total. The number of aryl methyl sites for hydroxylation is 2. The highest BCUT2D eigenvalue weighted by Crippen LogP contribution is 2.30. The van der Waals surface area contributed by atoms with Gasteiger partial charge >= 0.3 is 0 Å². The van der Waals surface area contributed by atoms with Crippen molar-refractivity contribution in [2.45, 2.75) is 44.6 Å². The minimum atomic E-state index is -4.13. The third-order valence-electron chi connectivity index (χ3n) is 6.71. The molecule has 2 amide bonds. The van der Waals surface area contributed by atoms with Gasteiger partial charge in [0.1, 0.15) is 6.04 Å². The Kier molecular flexibility index (Phi) is 6.49. The fourth-order valence-electron chi connectivity index (χ4n) is 4.48. The van der Waals surface area contributed by atoms with Crippen molar-refractivity contribution in [3.63, 3.8) is 0 Å². The molecule has 4 rings (SSSR count). The second kappa shape index (κ2) is 9.21. The maximum absolute atomic E-state index is 13.3. The van der Waals surface area contributed by atoms with Crippen molar-refractivity contribution < 1.29 is 22.8 Å². The van der Waals surface area contributed by atoms with Crippen LogP contribution < -0.4 is 4.90 Å². The van der Waals surface area contributed by atoms with Crippen LogP contribution in [0.15, 0.2) is 47.4 Å². The zero-order chi connectivity index (χ0) is 24.6. The van der Waals surface area contributed by atoms with Crippen LogP contribution in [0.4, 0.5) is 5.69 Å². The summed E-state index contributed by atoms with van der Waals surface area (Å²) in [5, 5.41) is 0. The molecule has 0 spiro atoms. The van der Waals surface area contributed by atoms with E-state index in [2.05, 4.69) is 4.90 Å². The summed E-state index contributed by atoms with van der Waals surface area (Å²) in [4.78, 5) is 41.2. The summed E-state index contributed by atoms with van der Waals surface area (Å²) >= 11 is 0. The van der Waals surface area contributed by atoms with E-state index in [1.165, 1.54) is 13.0 Å². The quantitative estimate of drug-likeness (QED) is 0.607. The number of piperazine rings is 1. The Morgan fingerprint density at radius 3 is 2.15 bits per heavy atom. The molecule has 0 aliphatic carbocycles. The van der Waals surface area contributed by atoms with Crippen LogP contribution in [0.5, 0.6) is 0 Å². The molecule has 2 aliphatic heterocycles. The van der Waals surface area contributed by atoms with Gasteiger partial charge in [-0.05, 0) is 74.7 Å². The lowest BCUT2D eigenvalue weighted by molar-refractivity contribution is -0.138. The van der Waals surface area contributed by atoms with Gasteiger partial charge in [0.15, 0.2) is 5.78 Å². The predicted molar refractivity (Wildman–Crippen MR) is 128 cm³/mol. The Morgan fingerprint density at radius 2 is 1.56 bits per heavy atom. The molecule has 1 atom stereocenters. The van der Waals surface area contributed by atoms with Crippen molar-refractivity contribution in [1.82, 2.24) is 9.21 Å². The highest BCUT2D eigenvalue weighted by atomic mass is 32.2. The lowest BCUT2D eigenvalue weighted by Gasteiger charge is -2.38. The largest absolute Gasteiger partial charge is 0.368 e. The van der Waals surface area contributed by atoms with Crippen molar-refractivity contribution in [3.05, 3.63) is 59.2 Å². The highest BCUT2D eigenvalue weighted by molar-refractivity contribution is 7.89. The topological polar surface area (TPSA) is 95.1 Å². The number of nitrogens with zero attached hydrogens (tertiary/aromatic N) is 3. The van der Waals surface area contributed by atoms with Crippen molar-refractivity contribution in [2.24, 2.45) is 0 Å². The molecule has 2 aromatic rings. The molecule has 8 nitrogen and oxygen atoms in total. The van der Waals surface area contributed by atoms with Crippen LogP contribution in [0.1, 0.15) is 41.3 Å². The van der Waals surface area contributed by atoms with E-state index in [4.69, 9.17) is 0 Å². The number of amides is 2. The standard InChI is InChI=1S/C25H29N3O5S/c1-17-4-9-22(16-18(17)2)34(32,33)28-23(10-11-24(28)30)25(31)27-14-12-26(13-15-27)21-7-5-20(6-8-21)19(3)29/h4-9,16,23H,10-15H2,1-3H3/t23-/m1/s1. The predicted octanol–water partition coefficient (Wildman–Crippen LogP) is 2.53. The summed E-state index contributed by atoms with van der Waals surface area (Å²) in [5.74, 6) is -0.862. The van der Waals surface area contributed by atoms with Gasteiger partial charge in [-0.2, -0.15) is 0 Å². The summed E-state index contributed by atoms with van der Waals surface area (Å²) in [6, 6.07) is 11.1. The van der Waals surface area contributed by atoms with Gasteiger partial charge < -0.3 is 9.80 Å². The lowest BCUT2D eigenvalue weighted by Crippen LogP contribution is -2.55. The summed E-state index contributed by atoms with van der Waals surface area (Å²) < 4.78 is 27.4. The number of benzene rings is 2. The Balaban J connectivity index is 1.47. The van der Waals surface area contributed by atoms with E-state index in [1.807, 2.05) is 26.0 Å². The first-order valence-electron chi connectivity index (χ1n) is 11.4. The van der Waals surface area contributed by atoms with Crippen LogP contribution >= 0.6 is 0 Å². The SMILES string of the molecule is CC(=O)c1ccc(N2CCN(C(=O)[C@H]3CCC(=O)N3S(=O)(=O)c3ccc(C)c(C)c3)CC2)cc1. The number of ketones is 1. The molecule has 0 unspecified atom stereocenters. The fourth-order valence-corrected chi connectivity index (χ4v) is 6.16. The van der Waals surface area contributed by atoms with Crippen LogP contribution in [-0.2, 0) is 19.6 Å². The van der Waals surface area contributed by atoms with Crippen molar-refractivity contribution in [3.8, 4) is 0 Å². The molecule has 2 heterocycles. The van der Waals surface area contributed by atoms with E-state index >= 15 is 0 Å². The van der Waals surface area contributed by atoms with E-state index in [1.54, 1.807) is 29.2 Å². The summed E-state index contributed by atoms with van der Waals surface area (Å²) in [5.41, 5.74) is 3.37. The van der Waals surface area contributed by atoms with Crippen LogP contribution in [-0.4, -0.2) is 67.4 Å². The molecule has 0 aromatic heterocycles. The van der Waals surface area contributed by atoms with E-state index in [0.717, 1.165) is 21.1 Å². The van der Waals surface area contributed by atoms with Gasteiger partial charge in [0, 0.05) is 43.9 Å². The van der Waals surface area contributed by atoms with Crippen LogP contribution in [0.2, 0.25) is 0 Å². The van der Waals surface area contributed by atoms with E-state index < -0.39 is 22.0 Å². The minimum Gasteiger partial charge on any atom is -0.368 e. The van der Waals surface area contributed by atoms with Gasteiger partial charge in [-0.15, -0.1) is 0 Å². The van der Waals surface area contributed by atoms with Gasteiger partial charge in [0.25, 0.3) is 10.0 Å². The Hall–Kier alpha value is -3.20. The van der Waals surface area contributed by atoms with Crippen molar-refractivity contribution in [2.75, 3.05) is 31.1 Å². The van der Waals surface area contributed by atoms with Gasteiger partial charge in [-0.25, -0.2) is 12.7 Å². The summed E-state index contributed by atoms with van der Waals surface area (Å²) in [6.45, 7) is 7.24. The molecule has 2 fully saturated rings. The van der Waals surface area contributed by atoms with Crippen molar-refractivity contribution in [1.29, 1.82) is 0 Å². The van der Waals surface area contributed by atoms with E-state index in [9.17, 15) is 22.8 Å². The average Bonchev–Trinajstić information content (AvgIpc) is 3.22. The second-order valence-corrected chi connectivity index (χ2v) is 10.7. The summed E-state index contributed by atoms with van der Waals surface area (Å²) in [6.07, 6.45) is 0.220. The smallest absolute Gasteiger partial charge is 0.267 e. The first-order chi connectivity index (χ1) is 16.1. The van der Waals surface area contributed by atoms with Gasteiger partial charge in [-0.1, -0.05) is 6.07 Å². The zero-order valence-electron chi connectivity index (χ0n) is 19.7. The number of hydrogen-bond acceptors (Lipinski definition) is 6. The Bertz CT molecular complexity index is 1230. The molecule has 180 valence electrons. The lowest BCUT2D eigenvalue weighted by atomic mass is 10.1. The molecule has 0 bridgehead atoms. The fraction of sp³-hybridized carbons (Fsp3) is 0.400. The minimum absolute atomic E-state index is 0.00776. The Labute approximate surface area is 200 Å². The highest BCUT2D eigenvalue weighted by Gasteiger charge is 2.46. The third kappa shape index (κ3) is 4.44. The maximum atomic E-state index is 13.3. The van der Waals surface area contributed by atoms with Crippen LogP contribution in [0.3, 0.4) is 0 Å². The van der Waals surface area contributed by atoms with Crippen molar-refractivity contribution >= 4 is 33.3 Å². The van der Waals surface area contributed by atoms with Gasteiger partial charge in [-0.3, -0.25) is 14.4 Å². The average molecular weight is 484 g/mol. The molecule has 2 saturated heterocycles. The molecular weight excluding hydrogens is 454 g/mol.